The van der Waals surface area contributed by atoms with Crippen molar-refractivity contribution in [2.75, 3.05) is 26.2 Å². The maximum Gasteiger partial charge on any atom is 0.317 e. The predicted molar refractivity (Wildman–Crippen MR) is 107 cm³/mol. The van der Waals surface area contributed by atoms with E-state index in [-0.39, 0.29) is 11.9 Å². The molecule has 2 aliphatic heterocycles. The summed E-state index contributed by atoms with van der Waals surface area (Å²) in [6.45, 7) is 3.54. The molecule has 28 heavy (non-hydrogen) atoms. The Hall–Kier alpha value is -2.08. The lowest BCUT2D eigenvalue weighted by atomic mass is 9.81. The van der Waals surface area contributed by atoms with Gasteiger partial charge in [0.1, 0.15) is 0 Å². The van der Waals surface area contributed by atoms with Crippen LogP contribution in [-0.2, 0) is 11.3 Å². The van der Waals surface area contributed by atoms with E-state index >= 15 is 0 Å². The number of hydrogen-bond donors (Lipinski definition) is 2. The van der Waals surface area contributed by atoms with Crippen LogP contribution in [0.3, 0.4) is 0 Å². The molecule has 1 aromatic rings. The molecule has 2 amide bonds. The Morgan fingerprint density at radius 3 is 2.71 bits per heavy atom. The summed E-state index contributed by atoms with van der Waals surface area (Å²) < 4.78 is 0. The Morgan fingerprint density at radius 1 is 1.14 bits per heavy atom. The van der Waals surface area contributed by atoms with E-state index in [1.165, 1.54) is 18.4 Å². The van der Waals surface area contributed by atoms with E-state index in [1.807, 2.05) is 6.07 Å². The minimum absolute atomic E-state index is 0.0970. The van der Waals surface area contributed by atoms with Crippen molar-refractivity contribution < 1.29 is 14.7 Å². The molecule has 1 aromatic carbocycles. The zero-order chi connectivity index (χ0) is 19.6. The molecule has 1 saturated carbocycles. The van der Waals surface area contributed by atoms with Crippen molar-refractivity contribution in [2.45, 2.75) is 51.1 Å². The molecule has 6 nitrogen and oxygen atoms in total. The van der Waals surface area contributed by atoms with Gasteiger partial charge in [-0.3, -0.25) is 9.69 Å². The Kier molecular flexibility index (Phi) is 5.58. The van der Waals surface area contributed by atoms with Crippen LogP contribution in [0.2, 0.25) is 0 Å². The number of nitrogens with one attached hydrogen (secondary N) is 1. The van der Waals surface area contributed by atoms with Gasteiger partial charge in [-0.1, -0.05) is 43.2 Å². The van der Waals surface area contributed by atoms with Crippen LogP contribution >= 0.6 is 0 Å². The predicted octanol–water partition coefficient (Wildman–Crippen LogP) is 2.94. The number of carboxylic acid groups (broad SMARTS) is 1. The molecule has 1 unspecified atom stereocenters. The highest BCUT2D eigenvalue weighted by molar-refractivity contribution is 5.80. The molecule has 6 heteroatoms. The molecule has 3 fully saturated rings. The van der Waals surface area contributed by atoms with Gasteiger partial charge in [-0.25, -0.2) is 4.79 Å². The molecule has 0 bridgehead atoms. The highest BCUT2D eigenvalue weighted by atomic mass is 16.4. The van der Waals surface area contributed by atoms with Gasteiger partial charge in [0.05, 0.1) is 5.41 Å². The first-order chi connectivity index (χ1) is 13.6. The van der Waals surface area contributed by atoms with Crippen molar-refractivity contribution in [3.8, 4) is 0 Å². The monoisotopic (exact) mass is 385 g/mol. The molecule has 2 saturated heterocycles. The number of nitrogens with zero attached hydrogens (tertiary/aromatic N) is 2. The number of carbonyl (C=O) groups is 2. The van der Waals surface area contributed by atoms with Crippen LogP contribution in [0, 0.1) is 11.3 Å². The highest BCUT2D eigenvalue weighted by Crippen LogP contribution is 2.48. The fourth-order valence-corrected chi connectivity index (χ4v) is 5.43. The minimum atomic E-state index is -0.730. The zero-order valence-electron chi connectivity index (χ0n) is 16.5. The van der Waals surface area contributed by atoms with Crippen molar-refractivity contribution in [2.24, 2.45) is 11.3 Å². The van der Waals surface area contributed by atoms with E-state index in [0.717, 1.165) is 32.4 Å². The number of fused-ring (bicyclic) bond motifs is 1. The average molecular weight is 386 g/mol. The van der Waals surface area contributed by atoms with Gasteiger partial charge in [-0.2, -0.15) is 0 Å². The first-order valence-electron chi connectivity index (χ1n) is 10.6. The number of carbonyl (C=O) groups excluding carboxylic acids is 1. The van der Waals surface area contributed by atoms with Gasteiger partial charge in [-0.15, -0.1) is 0 Å². The van der Waals surface area contributed by atoms with Gasteiger partial charge in [0.25, 0.3) is 0 Å². The van der Waals surface area contributed by atoms with Crippen molar-refractivity contribution in [3.63, 3.8) is 0 Å². The number of urea groups is 1. The second-order valence-electron chi connectivity index (χ2n) is 8.72. The Balaban J connectivity index is 1.33. The molecule has 0 spiro atoms. The summed E-state index contributed by atoms with van der Waals surface area (Å²) in [6, 6.07) is 10.7. The van der Waals surface area contributed by atoms with Crippen LogP contribution in [0.5, 0.6) is 0 Å². The summed E-state index contributed by atoms with van der Waals surface area (Å²) in [5.41, 5.74) is 0.595. The summed E-state index contributed by atoms with van der Waals surface area (Å²) in [4.78, 5) is 28.8. The number of amides is 2. The third kappa shape index (κ3) is 3.75. The fraction of sp³-hybridized carbons (Fsp3) is 0.636. The fourth-order valence-electron chi connectivity index (χ4n) is 5.43. The van der Waals surface area contributed by atoms with Gasteiger partial charge >= 0.3 is 12.0 Å². The zero-order valence-corrected chi connectivity index (χ0v) is 16.5. The van der Waals surface area contributed by atoms with Crippen molar-refractivity contribution >= 4 is 12.0 Å². The largest absolute Gasteiger partial charge is 0.481 e. The third-order valence-electron chi connectivity index (χ3n) is 7.05. The summed E-state index contributed by atoms with van der Waals surface area (Å²) >= 11 is 0. The molecule has 4 rings (SSSR count). The highest BCUT2D eigenvalue weighted by Gasteiger charge is 2.55. The van der Waals surface area contributed by atoms with Gasteiger partial charge in [0, 0.05) is 32.2 Å². The molecule has 2 N–H and O–H groups in total. The molecular formula is C22H31N3O3. The summed E-state index contributed by atoms with van der Waals surface area (Å²) in [5.74, 6) is -0.619. The van der Waals surface area contributed by atoms with Crippen LogP contribution in [0.4, 0.5) is 4.79 Å². The first kappa shape index (κ1) is 19.2. The van der Waals surface area contributed by atoms with Crippen molar-refractivity contribution in [1.82, 2.24) is 15.1 Å². The van der Waals surface area contributed by atoms with Crippen LogP contribution in [0.15, 0.2) is 30.3 Å². The van der Waals surface area contributed by atoms with Gasteiger partial charge in [0.15, 0.2) is 0 Å². The number of carboxylic acids is 1. The van der Waals surface area contributed by atoms with Crippen LogP contribution in [0.1, 0.15) is 44.1 Å². The lowest BCUT2D eigenvalue weighted by Gasteiger charge is -2.36. The molecule has 3 atom stereocenters. The van der Waals surface area contributed by atoms with E-state index in [4.69, 9.17) is 0 Å². The number of rotatable bonds is 5. The lowest BCUT2D eigenvalue weighted by Crippen LogP contribution is -2.49. The number of likely N-dealkylation sites (tertiary alicyclic amines) is 2. The lowest BCUT2D eigenvalue weighted by molar-refractivity contribution is -0.149. The number of aliphatic carboxylic acids is 1. The van der Waals surface area contributed by atoms with Gasteiger partial charge in [0.2, 0.25) is 0 Å². The Labute approximate surface area is 166 Å². The molecule has 3 aliphatic rings. The number of piperidine rings is 1. The molecule has 0 aromatic heterocycles. The molecule has 1 aliphatic carbocycles. The van der Waals surface area contributed by atoms with Gasteiger partial charge in [-0.05, 0) is 43.7 Å². The maximum atomic E-state index is 12.8. The summed E-state index contributed by atoms with van der Waals surface area (Å²) in [6.07, 6.45) is 6.07. The van der Waals surface area contributed by atoms with Crippen LogP contribution < -0.4 is 5.32 Å². The molecule has 0 radical (unpaired) electrons. The van der Waals surface area contributed by atoms with Gasteiger partial charge < -0.3 is 15.3 Å². The average Bonchev–Trinajstić information content (AvgIpc) is 3.27. The summed E-state index contributed by atoms with van der Waals surface area (Å²) in [5, 5.41) is 12.8. The SMILES string of the molecule is O=C(NCC1CCCCN1Cc1ccccc1)N1C[C@@H]2CCC[C@@]2(C(=O)O)C1. The van der Waals surface area contributed by atoms with Crippen molar-refractivity contribution in [3.05, 3.63) is 35.9 Å². The van der Waals surface area contributed by atoms with E-state index in [2.05, 4.69) is 34.5 Å². The van der Waals surface area contributed by atoms with E-state index < -0.39 is 11.4 Å². The number of benzene rings is 1. The Bertz CT molecular complexity index is 710. The topological polar surface area (TPSA) is 72.9 Å². The number of hydrogen-bond acceptors (Lipinski definition) is 3. The standard InChI is InChI=1S/C22H31N3O3/c26-20(27)22-11-6-9-18(22)15-25(16-22)21(28)23-13-19-10-4-5-12-24(19)14-17-7-2-1-3-8-17/h1-3,7-8,18-19H,4-6,9-16H2,(H,23,28)(H,26,27)/t18-,19?,22+/m0/s1. The summed E-state index contributed by atoms with van der Waals surface area (Å²) in [7, 11) is 0. The molecular weight excluding hydrogens is 354 g/mol. The quantitative estimate of drug-likeness (QED) is 0.817. The third-order valence-corrected chi connectivity index (χ3v) is 7.05. The maximum absolute atomic E-state index is 12.8. The molecule has 152 valence electrons. The second kappa shape index (κ2) is 8.11. The minimum Gasteiger partial charge on any atom is -0.481 e. The van der Waals surface area contributed by atoms with Crippen LogP contribution in [0.25, 0.3) is 0 Å². The van der Waals surface area contributed by atoms with E-state index in [0.29, 0.717) is 32.1 Å². The molecule has 2 heterocycles. The Morgan fingerprint density at radius 2 is 1.96 bits per heavy atom. The van der Waals surface area contributed by atoms with Crippen molar-refractivity contribution in [1.29, 1.82) is 0 Å². The van der Waals surface area contributed by atoms with E-state index in [1.54, 1.807) is 4.90 Å². The smallest absolute Gasteiger partial charge is 0.317 e. The first-order valence-corrected chi connectivity index (χ1v) is 10.6. The van der Waals surface area contributed by atoms with E-state index in [9.17, 15) is 14.7 Å². The normalized spacial score (nSPS) is 30.2. The van der Waals surface area contributed by atoms with Crippen LogP contribution in [-0.4, -0.2) is 59.1 Å². The second-order valence-corrected chi connectivity index (χ2v) is 8.72.